The van der Waals surface area contributed by atoms with Gasteiger partial charge in [-0.25, -0.2) is 18.5 Å². The summed E-state index contributed by atoms with van der Waals surface area (Å²) in [5.41, 5.74) is 3.18. The normalized spacial score (nSPS) is 12.0. The summed E-state index contributed by atoms with van der Waals surface area (Å²) in [5, 5.41) is 7.26. The van der Waals surface area contributed by atoms with Gasteiger partial charge in [0.25, 0.3) is 0 Å². The smallest absolute Gasteiger partial charge is 0.238 e. The van der Waals surface area contributed by atoms with Gasteiger partial charge >= 0.3 is 0 Å². The number of thiazole rings is 1. The van der Waals surface area contributed by atoms with Crippen molar-refractivity contribution in [3.63, 3.8) is 0 Å². The minimum Gasteiger partial charge on any atom is -0.320 e. The third-order valence-electron chi connectivity index (χ3n) is 3.70. The molecule has 0 fully saturated rings. The topological polar surface area (TPSA) is 77.5 Å². The van der Waals surface area contributed by atoms with Crippen molar-refractivity contribution in [2.45, 2.75) is 11.8 Å². The summed E-state index contributed by atoms with van der Waals surface area (Å²) in [7, 11) is -1.84. The van der Waals surface area contributed by atoms with E-state index in [2.05, 4.69) is 4.99 Å². The van der Waals surface area contributed by atoms with E-state index in [1.165, 1.54) is 11.3 Å². The molecule has 0 atom stereocenters. The molecular formula is C17H18ClN3O2S2. The van der Waals surface area contributed by atoms with Crippen LogP contribution in [-0.2, 0) is 17.1 Å². The molecule has 1 heterocycles. The molecule has 3 rings (SSSR count). The molecule has 0 aliphatic heterocycles. The van der Waals surface area contributed by atoms with Crippen LogP contribution in [-0.4, -0.2) is 13.0 Å². The Morgan fingerprint density at radius 1 is 1.12 bits per heavy atom. The average molecular weight is 396 g/mol. The number of hydrogen-bond acceptors (Lipinski definition) is 4. The van der Waals surface area contributed by atoms with Gasteiger partial charge in [0.05, 0.1) is 16.3 Å². The lowest BCUT2D eigenvalue weighted by Crippen LogP contribution is -2.14. The maximum atomic E-state index is 11.7. The van der Waals surface area contributed by atoms with Gasteiger partial charge in [0.15, 0.2) is 4.80 Å². The number of benzene rings is 2. The van der Waals surface area contributed by atoms with E-state index in [-0.39, 0.29) is 17.3 Å². The fourth-order valence-corrected chi connectivity index (χ4v) is 4.15. The lowest BCUT2D eigenvalue weighted by Gasteiger charge is -2.08. The SMILES string of the molecule is Cc1ccc(-c2csc(=Nc3ccccc3)n2C)cc1S(N)(=O)=O.Cl. The van der Waals surface area contributed by atoms with Crippen molar-refractivity contribution in [1.29, 1.82) is 0 Å². The molecule has 8 heteroatoms. The number of primary sulfonamides is 1. The molecule has 0 aliphatic carbocycles. The van der Waals surface area contributed by atoms with Crippen LogP contribution >= 0.6 is 23.7 Å². The predicted octanol–water partition coefficient (Wildman–Crippen LogP) is 3.36. The molecule has 2 aromatic carbocycles. The van der Waals surface area contributed by atoms with Crippen LogP contribution in [0.25, 0.3) is 11.3 Å². The number of aryl methyl sites for hydroxylation is 1. The van der Waals surface area contributed by atoms with E-state index < -0.39 is 10.0 Å². The van der Waals surface area contributed by atoms with Crippen LogP contribution in [0.15, 0.2) is 63.8 Å². The molecule has 0 saturated carbocycles. The number of nitrogens with zero attached hydrogens (tertiary/aromatic N) is 2. The highest BCUT2D eigenvalue weighted by Crippen LogP contribution is 2.25. The van der Waals surface area contributed by atoms with Crippen molar-refractivity contribution < 1.29 is 8.42 Å². The Morgan fingerprint density at radius 3 is 2.44 bits per heavy atom. The number of para-hydroxylation sites is 1. The number of rotatable bonds is 3. The van der Waals surface area contributed by atoms with Crippen molar-refractivity contribution in [2.75, 3.05) is 0 Å². The van der Waals surface area contributed by atoms with Gasteiger partial charge in [0, 0.05) is 18.0 Å². The molecular weight excluding hydrogens is 378 g/mol. The first-order valence-corrected chi connectivity index (χ1v) is 9.67. The van der Waals surface area contributed by atoms with Crippen LogP contribution < -0.4 is 9.94 Å². The Balaban J connectivity index is 0.00000225. The molecule has 1 aromatic heterocycles. The number of halogens is 1. The molecule has 2 N–H and O–H groups in total. The number of hydrogen-bond donors (Lipinski definition) is 1. The van der Waals surface area contributed by atoms with Gasteiger partial charge in [-0.05, 0) is 30.7 Å². The first-order chi connectivity index (χ1) is 11.4. The molecule has 0 aliphatic rings. The summed E-state index contributed by atoms with van der Waals surface area (Å²) in [5.74, 6) is 0. The van der Waals surface area contributed by atoms with E-state index in [0.29, 0.717) is 5.56 Å². The van der Waals surface area contributed by atoms with E-state index in [4.69, 9.17) is 5.14 Å². The number of sulfonamides is 1. The maximum Gasteiger partial charge on any atom is 0.238 e. The second kappa shape index (κ2) is 7.53. The fraction of sp³-hybridized carbons (Fsp3) is 0.118. The molecule has 0 radical (unpaired) electrons. The Hall–Kier alpha value is -1.93. The van der Waals surface area contributed by atoms with Crippen molar-refractivity contribution in [1.82, 2.24) is 4.57 Å². The zero-order chi connectivity index (χ0) is 17.3. The standard InChI is InChI=1S/C17H17N3O2S2.ClH/c1-12-8-9-13(10-16(12)24(18,21)22)15-11-23-17(20(15)2)19-14-6-4-3-5-7-14;/h3-11H,1-2H3,(H2,18,21,22);1H. The van der Waals surface area contributed by atoms with Gasteiger partial charge in [-0.2, -0.15) is 0 Å². The molecule has 5 nitrogen and oxygen atoms in total. The quantitative estimate of drug-likeness (QED) is 0.738. The second-order valence-corrected chi connectivity index (χ2v) is 7.80. The van der Waals surface area contributed by atoms with Gasteiger partial charge in [0.2, 0.25) is 10.0 Å². The van der Waals surface area contributed by atoms with Gasteiger partial charge in [-0.3, -0.25) is 0 Å². The van der Waals surface area contributed by atoms with E-state index in [1.54, 1.807) is 19.1 Å². The number of nitrogens with two attached hydrogens (primary N) is 1. The molecule has 0 unspecified atom stereocenters. The van der Waals surface area contributed by atoms with Crippen molar-refractivity contribution >= 4 is 39.5 Å². The van der Waals surface area contributed by atoms with Gasteiger partial charge in [0.1, 0.15) is 0 Å². The summed E-state index contributed by atoms with van der Waals surface area (Å²) in [6, 6.07) is 14.9. The Labute approximate surface area is 156 Å². The highest BCUT2D eigenvalue weighted by molar-refractivity contribution is 7.89. The highest BCUT2D eigenvalue weighted by Gasteiger charge is 2.14. The predicted molar refractivity (Wildman–Crippen MR) is 104 cm³/mol. The zero-order valence-corrected chi connectivity index (χ0v) is 16.2. The average Bonchev–Trinajstić information content (AvgIpc) is 2.89. The molecule has 0 amide bonds. The van der Waals surface area contributed by atoms with E-state index >= 15 is 0 Å². The van der Waals surface area contributed by atoms with Crippen LogP contribution in [0, 0.1) is 6.92 Å². The largest absolute Gasteiger partial charge is 0.320 e. The molecule has 0 bridgehead atoms. The minimum atomic E-state index is -3.75. The minimum absolute atomic E-state index is 0. The molecule has 25 heavy (non-hydrogen) atoms. The highest BCUT2D eigenvalue weighted by atomic mass is 35.5. The van der Waals surface area contributed by atoms with Gasteiger partial charge in [-0.15, -0.1) is 23.7 Å². The van der Waals surface area contributed by atoms with Crippen LogP contribution in [0.1, 0.15) is 5.56 Å². The monoisotopic (exact) mass is 395 g/mol. The molecule has 132 valence electrons. The molecule has 3 aromatic rings. The Kier molecular flexibility index (Phi) is 5.84. The Bertz CT molecular complexity index is 1050. The Morgan fingerprint density at radius 2 is 1.80 bits per heavy atom. The van der Waals surface area contributed by atoms with Crippen molar-refractivity contribution in [3.8, 4) is 11.3 Å². The van der Waals surface area contributed by atoms with Crippen molar-refractivity contribution in [3.05, 3.63) is 64.3 Å². The lowest BCUT2D eigenvalue weighted by molar-refractivity contribution is 0.597. The third kappa shape index (κ3) is 4.19. The maximum absolute atomic E-state index is 11.7. The third-order valence-corrected chi connectivity index (χ3v) is 5.67. The van der Waals surface area contributed by atoms with Gasteiger partial charge < -0.3 is 4.57 Å². The van der Waals surface area contributed by atoms with Crippen LogP contribution in [0.5, 0.6) is 0 Å². The van der Waals surface area contributed by atoms with Crippen molar-refractivity contribution in [2.24, 2.45) is 17.2 Å². The van der Waals surface area contributed by atoms with Gasteiger partial charge in [-0.1, -0.05) is 30.3 Å². The van der Waals surface area contributed by atoms with E-state index in [9.17, 15) is 8.42 Å². The van der Waals surface area contributed by atoms with Crippen LogP contribution in [0.2, 0.25) is 0 Å². The summed E-state index contributed by atoms with van der Waals surface area (Å²) < 4.78 is 25.4. The lowest BCUT2D eigenvalue weighted by atomic mass is 10.1. The van der Waals surface area contributed by atoms with E-state index in [1.807, 2.05) is 53.4 Å². The first-order valence-electron chi connectivity index (χ1n) is 7.24. The second-order valence-electron chi connectivity index (χ2n) is 5.44. The summed E-state index contributed by atoms with van der Waals surface area (Å²) in [6.07, 6.45) is 0. The summed E-state index contributed by atoms with van der Waals surface area (Å²) in [6.45, 7) is 1.73. The number of aromatic nitrogens is 1. The first kappa shape index (κ1) is 19.4. The van der Waals surface area contributed by atoms with E-state index in [0.717, 1.165) is 21.7 Å². The fourth-order valence-electron chi connectivity index (χ4n) is 2.41. The summed E-state index contributed by atoms with van der Waals surface area (Å²) in [4.78, 5) is 5.59. The summed E-state index contributed by atoms with van der Waals surface area (Å²) >= 11 is 1.50. The molecule has 0 spiro atoms. The molecule has 0 saturated heterocycles. The van der Waals surface area contributed by atoms with Crippen LogP contribution in [0.4, 0.5) is 5.69 Å². The van der Waals surface area contributed by atoms with Crippen LogP contribution in [0.3, 0.4) is 0 Å². The zero-order valence-electron chi connectivity index (χ0n) is 13.7.